The average molecular weight is 175 g/mol. The van der Waals surface area contributed by atoms with Gasteiger partial charge in [-0.3, -0.25) is 4.99 Å². The Morgan fingerprint density at radius 3 is 3.08 bits per heavy atom. The van der Waals surface area contributed by atoms with E-state index in [0.29, 0.717) is 5.92 Å². The maximum Gasteiger partial charge on any atom is 0.0570 e. The van der Waals surface area contributed by atoms with Gasteiger partial charge >= 0.3 is 0 Å². The number of hydrogen-bond acceptors (Lipinski definition) is 1. The van der Waals surface area contributed by atoms with Crippen molar-refractivity contribution in [2.45, 2.75) is 20.3 Å². The van der Waals surface area contributed by atoms with E-state index in [2.05, 4.69) is 30.1 Å². The highest BCUT2D eigenvalue weighted by molar-refractivity contribution is 5.82. The topological polar surface area (TPSA) is 12.4 Å². The molecule has 0 aliphatic heterocycles. The molecule has 1 heteroatoms. The Bertz CT molecular complexity index is 256. The second kappa shape index (κ2) is 5.52. The number of allylic oxidation sites excluding steroid dienone is 5. The highest BCUT2D eigenvalue weighted by Gasteiger charge is 2.00. The zero-order valence-electron chi connectivity index (χ0n) is 8.40. The van der Waals surface area contributed by atoms with E-state index < -0.39 is 0 Å². The van der Waals surface area contributed by atoms with Gasteiger partial charge in [0, 0.05) is 6.21 Å². The molecule has 0 saturated carbocycles. The van der Waals surface area contributed by atoms with Crippen LogP contribution >= 0.6 is 0 Å². The summed E-state index contributed by atoms with van der Waals surface area (Å²) in [5.74, 6) is 0.688. The molecule has 1 aliphatic carbocycles. The van der Waals surface area contributed by atoms with Crippen molar-refractivity contribution in [2.75, 3.05) is 6.54 Å². The minimum Gasteiger partial charge on any atom is -0.288 e. The third kappa shape index (κ3) is 3.88. The van der Waals surface area contributed by atoms with Gasteiger partial charge in [-0.1, -0.05) is 37.3 Å². The van der Waals surface area contributed by atoms with Gasteiger partial charge in [-0.15, -0.1) is 0 Å². The molecule has 0 unspecified atom stereocenters. The van der Waals surface area contributed by atoms with E-state index in [-0.39, 0.29) is 0 Å². The summed E-state index contributed by atoms with van der Waals surface area (Å²) in [5, 5.41) is 0. The first-order valence-electron chi connectivity index (χ1n) is 4.82. The summed E-state index contributed by atoms with van der Waals surface area (Å²) in [7, 11) is 0. The van der Waals surface area contributed by atoms with Crippen LogP contribution in [-0.4, -0.2) is 12.8 Å². The van der Waals surface area contributed by atoms with Crippen molar-refractivity contribution < 1.29 is 0 Å². The SMILES string of the molecule is C/C=C/C/N=C/C1=CC[C@H](C)C=C1. The van der Waals surface area contributed by atoms with Gasteiger partial charge in [0.1, 0.15) is 0 Å². The summed E-state index contributed by atoms with van der Waals surface area (Å²) in [6.45, 7) is 5.02. The Morgan fingerprint density at radius 2 is 2.46 bits per heavy atom. The quantitative estimate of drug-likeness (QED) is 0.461. The fourth-order valence-electron chi connectivity index (χ4n) is 1.16. The van der Waals surface area contributed by atoms with Crippen LogP contribution in [0.25, 0.3) is 0 Å². The average Bonchev–Trinajstić information content (AvgIpc) is 2.15. The van der Waals surface area contributed by atoms with E-state index in [0.717, 1.165) is 13.0 Å². The predicted octanol–water partition coefficient (Wildman–Crippen LogP) is 3.16. The molecule has 0 radical (unpaired) electrons. The zero-order valence-corrected chi connectivity index (χ0v) is 8.40. The molecule has 70 valence electrons. The molecule has 0 aromatic rings. The lowest BCUT2D eigenvalue weighted by Crippen LogP contribution is -1.95. The Balaban J connectivity index is 2.38. The molecule has 0 heterocycles. The van der Waals surface area contributed by atoms with E-state index in [4.69, 9.17) is 0 Å². The first-order valence-corrected chi connectivity index (χ1v) is 4.82. The second-order valence-corrected chi connectivity index (χ2v) is 3.34. The molecule has 0 N–H and O–H groups in total. The molecule has 0 bridgehead atoms. The largest absolute Gasteiger partial charge is 0.288 e. The number of nitrogens with zero attached hydrogens (tertiary/aromatic N) is 1. The maximum atomic E-state index is 4.28. The van der Waals surface area contributed by atoms with E-state index in [1.807, 2.05) is 25.3 Å². The van der Waals surface area contributed by atoms with Crippen LogP contribution in [0.3, 0.4) is 0 Å². The Hall–Kier alpha value is -1.11. The molecule has 0 aromatic carbocycles. The van der Waals surface area contributed by atoms with Crippen molar-refractivity contribution in [1.29, 1.82) is 0 Å². The second-order valence-electron chi connectivity index (χ2n) is 3.34. The number of aliphatic imine (C=N–C) groups is 1. The fraction of sp³-hybridized carbons (Fsp3) is 0.417. The van der Waals surface area contributed by atoms with Crippen molar-refractivity contribution in [3.05, 3.63) is 36.0 Å². The molecule has 1 rings (SSSR count). The smallest absolute Gasteiger partial charge is 0.0570 e. The summed E-state index contributed by atoms with van der Waals surface area (Å²) in [6.07, 6.45) is 13.8. The first kappa shape index (κ1) is 9.97. The molecule has 1 aliphatic rings. The van der Waals surface area contributed by atoms with Crippen LogP contribution in [0.15, 0.2) is 40.9 Å². The maximum absolute atomic E-state index is 4.28. The van der Waals surface area contributed by atoms with Gasteiger partial charge in [-0.05, 0) is 24.8 Å². The van der Waals surface area contributed by atoms with Gasteiger partial charge in [0.15, 0.2) is 0 Å². The van der Waals surface area contributed by atoms with E-state index >= 15 is 0 Å². The van der Waals surface area contributed by atoms with Gasteiger partial charge in [-0.2, -0.15) is 0 Å². The van der Waals surface area contributed by atoms with Gasteiger partial charge in [-0.25, -0.2) is 0 Å². The highest BCUT2D eigenvalue weighted by Crippen LogP contribution is 2.13. The summed E-state index contributed by atoms with van der Waals surface area (Å²) in [4.78, 5) is 4.28. The molecule has 13 heavy (non-hydrogen) atoms. The lowest BCUT2D eigenvalue weighted by molar-refractivity contribution is 0.734. The Kier molecular flexibility index (Phi) is 4.24. The monoisotopic (exact) mass is 175 g/mol. The van der Waals surface area contributed by atoms with Gasteiger partial charge in [0.05, 0.1) is 6.54 Å². The van der Waals surface area contributed by atoms with Crippen molar-refractivity contribution in [3.8, 4) is 0 Å². The van der Waals surface area contributed by atoms with E-state index in [1.165, 1.54) is 5.57 Å². The molecular formula is C12H17N. The first-order chi connectivity index (χ1) is 6.33. The minimum absolute atomic E-state index is 0.688. The summed E-state index contributed by atoms with van der Waals surface area (Å²) < 4.78 is 0. The number of rotatable bonds is 3. The van der Waals surface area contributed by atoms with E-state index in [1.54, 1.807) is 0 Å². The zero-order chi connectivity index (χ0) is 9.52. The van der Waals surface area contributed by atoms with Crippen LogP contribution in [0, 0.1) is 5.92 Å². The Morgan fingerprint density at radius 1 is 1.62 bits per heavy atom. The van der Waals surface area contributed by atoms with Gasteiger partial charge in [0.25, 0.3) is 0 Å². The summed E-state index contributed by atoms with van der Waals surface area (Å²) in [5.41, 5.74) is 1.24. The van der Waals surface area contributed by atoms with Crippen molar-refractivity contribution in [3.63, 3.8) is 0 Å². The number of hydrogen-bond donors (Lipinski definition) is 0. The summed E-state index contributed by atoms with van der Waals surface area (Å²) >= 11 is 0. The standard InChI is InChI=1S/C12H17N/c1-3-4-9-13-10-12-7-5-11(2)6-8-12/h3-5,7-8,10-11H,6,9H2,1-2H3/b4-3+,13-10+/t11-/m1/s1. The molecule has 0 fully saturated rings. The van der Waals surface area contributed by atoms with Crippen LogP contribution < -0.4 is 0 Å². The van der Waals surface area contributed by atoms with Crippen LogP contribution in [0.5, 0.6) is 0 Å². The van der Waals surface area contributed by atoms with Crippen LogP contribution in [0.4, 0.5) is 0 Å². The normalized spacial score (nSPS) is 22.9. The van der Waals surface area contributed by atoms with Crippen molar-refractivity contribution >= 4 is 6.21 Å². The molecule has 1 atom stereocenters. The lowest BCUT2D eigenvalue weighted by atomic mass is 9.99. The Labute approximate surface area is 80.6 Å². The van der Waals surface area contributed by atoms with Crippen LogP contribution in [-0.2, 0) is 0 Å². The third-order valence-corrected chi connectivity index (χ3v) is 2.03. The third-order valence-electron chi connectivity index (χ3n) is 2.03. The molecule has 0 spiro atoms. The van der Waals surface area contributed by atoms with Crippen molar-refractivity contribution in [2.24, 2.45) is 10.9 Å². The molecular weight excluding hydrogens is 158 g/mol. The summed E-state index contributed by atoms with van der Waals surface area (Å²) in [6, 6.07) is 0. The van der Waals surface area contributed by atoms with Crippen molar-refractivity contribution in [1.82, 2.24) is 0 Å². The predicted molar refractivity (Wildman–Crippen MR) is 59.2 cm³/mol. The molecule has 0 saturated heterocycles. The minimum atomic E-state index is 0.688. The molecule has 1 nitrogen and oxygen atoms in total. The van der Waals surface area contributed by atoms with Gasteiger partial charge < -0.3 is 0 Å². The fourth-order valence-corrected chi connectivity index (χ4v) is 1.16. The van der Waals surface area contributed by atoms with Gasteiger partial charge in [0.2, 0.25) is 0 Å². The van der Waals surface area contributed by atoms with Crippen LogP contribution in [0.2, 0.25) is 0 Å². The molecule has 0 aromatic heterocycles. The highest BCUT2D eigenvalue weighted by atomic mass is 14.7. The lowest BCUT2D eigenvalue weighted by Gasteiger charge is -2.07. The van der Waals surface area contributed by atoms with E-state index in [9.17, 15) is 0 Å². The van der Waals surface area contributed by atoms with Crippen LogP contribution in [0.1, 0.15) is 20.3 Å². The molecule has 0 amide bonds.